The van der Waals surface area contributed by atoms with Crippen LogP contribution in [0.2, 0.25) is 0 Å². The first-order valence-electron chi connectivity index (χ1n) is 11.7. The molecule has 184 valence electrons. The molecular weight excluding hydrogens is 454 g/mol. The lowest BCUT2D eigenvalue weighted by Gasteiger charge is -2.17. The molecule has 0 spiro atoms. The highest BCUT2D eigenvalue weighted by Gasteiger charge is 2.14. The molecule has 1 heterocycles. The van der Waals surface area contributed by atoms with E-state index in [9.17, 15) is 9.59 Å². The lowest BCUT2D eigenvalue weighted by atomic mass is 10.1. The van der Waals surface area contributed by atoms with Gasteiger partial charge in [-0.1, -0.05) is 52.7 Å². The minimum absolute atomic E-state index is 0.152. The first kappa shape index (κ1) is 24.7. The van der Waals surface area contributed by atoms with Crippen LogP contribution < -0.4 is 10.6 Å². The van der Waals surface area contributed by atoms with Crippen molar-refractivity contribution in [3.63, 3.8) is 0 Å². The van der Waals surface area contributed by atoms with Crippen molar-refractivity contribution >= 4 is 17.6 Å². The molecule has 0 fully saturated rings. The van der Waals surface area contributed by atoms with E-state index >= 15 is 0 Å². The van der Waals surface area contributed by atoms with Crippen LogP contribution in [0, 0.1) is 13.8 Å². The fourth-order valence-electron chi connectivity index (χ4n) is 3.57. The van der Waals surface area contributed by atoms with Gasteiger partial charge in [0.15, 0.2) is 5.82 Å². The molecule has 0 unspecified atom stereocenters. The highest BCUT2D eigenvalue weighted by Crippen LogP contribution is 2.18. The van der Waals surface area contributed by atoms with Crippen LogP contribution in [0.4, 0.5) is 10.5 Å². The number of urea groups is 1. The zero-order valence-corrected chi connectivity index (χ0v) is 20.6. The first-order valence-corrected chi connectivity index (χ1v) is 11.7. The zero-order chi connectivity index (χ0) is 25.5. The lowest BCUT2D eigenvalue weighted by molar-refractivity contribution is 0.0951. The van der Waals surface area contributed by atoms with Crippen LogP contribution in [-0.4, -0.2) is 40.6 Å². The number of amides is 3. The van der Waals surface area contributed by atoms with E-state index in [4.69, 9.17) is 4.52 Å². The third-order valence-electron chi connectivity index (χ3n) is 5.72. The van der Waals surface area contributed by atoms with Crippen molar-refractivity contribution in [1.82, 2.24) is 20.4 Å². The molecule has 36 heavy (non-hydrogen) atoms. The Morgan fingerprint density at radius 1 is 0.944 bits per heavy atom. The number of likely N-dealkylation sites (N-methyl/N-ethyl adjacent to an activating group) is 1. The van der Waals surface area contributed by atoms with Gasteiger partial charge in [-0.2, -0.15) is 4.98 Å². The molecule has 8 nitrogen and oxygen atoms in total. The second kappa shape index (κ2) is 11.3. The van der Waals surface area contributed by atoms with E-state index in [1.54, 1.807) is 36.2 Å². The van der Waals surface area contributed by atoms with Crippen molar-refractivity contribution in [3.05, 3.63) is 101 Å². The third kappa shape index (κ3) is 6.56. The summed E-state index contributed by atoms with van der Waals surface area (Å²) >= 11 is 0. The minimum Gasteiger partial charge on any atom is -0.348 e. The summed E-state index contributed by atoms with van der Waals surface area (Å²) in [7, 11) is 1.72. The Morgan fingerprint density at radius 3 is 2.42 bits per heavy atom. The van der Waals surface area contributed by atoms with Gasteiger partial charge < -0.3 is 20.1 Å². The normalized spacial score (nSPS) is 10.6. The highest BCUT2D eigenvalue weighted by atomic mass is 16.5. The Bertz CT molecular complexity index is 1330. The van der Waals surface area contributed by atoms with E-state index in [0.717, 1.165) is 27.9 Å². The third-order valence-corrected chi connectivity index (χ3v) is 5.72. The summed E-state index contributed by atoms with van der Waals surface area (Å²) in [5.74, 6) is 0.713. The molecular formula is C28H29N5O3. The largest absolute Gasteiger partial charge is 0.348 e. The summed E-state index contributed by atoms with van der Waals surface area (Å²) in [5.41, 5.74) is 5.34. The summed E-state index contributed by atoms with van der Waals surface area (Å²) in [6.45, 7) is 4.91. The van der Waals surface area contributed by atoms with Crippen LogP contribution in [0.25, 0.3) is 11.5 Å². The van der Waals surface area contributed by atoms with Gasteiger partial charge in [-0.25, -0.2) is 4.79 Å². The maximum atomic E-state index is 12.5. The van der Waals surface area contributed by atoms with Gasteiger partial charge >= 0.3 is 6.03 Å². The molecule has 3 aromatic carbocycles. The van der Waals surface area contributed by atoms with E-state index in [-0.39, 0.29) is 11.9 Å². The summed E-state index contributed by atoms with van der Waals surface area (Å²) in [5, 5.41) is 9.81. The number of aryl methyl sites for hydroxylation is 2. The summed E-state index contributed by atoms with van der Waals surface area (Å²) in [6, 6.07) is 22.5. The van der Waals surface area contributed by atoms with E-state index in [1.807, 2.05) is 62.4 Å². The smallest absolute Gasteiger partial charge is 0.321 e. The fourth-order valence-corrected chi connectivity index (χ4v) is 3.57. The number of carbonyl (C=O) groups is 2. The molecule has 4 aromatic rings. The molecule has 0 aliphatic rings. The van der Waals surface area contributed by atoms with Gasteiger partial charge in [0.05, 0.1) is 0 Å². The lowest BCUT2D eigenvalue weighted by Crippen LogP contribution is -2.33. The van der Waals surface area contributed by atoms with Gasteiger partial charge in [-0.15, -0.1) is 0 Å². The number of nitrogens with one attached hydrogen (secondary N) is 2. The SMILES string of the molecule is Cc1ccc(NC(=O)N(C)CCc2noc(-c3ccc(C(=O)NCc4cccc(C)c4)cc3)n2)cc1. The van der Waals surface area contributed by atoms with Crippen molar-refractivity contribution < 1.29 is 14.1 Å². The van der Waals surface area contributed by atoms with Crippen molar-refractivity contribution in [2.24, 2.45) is 0 Å². The van der Waals surface area contributed by atoms with Crippen LogP contribution in [0.5, 0.6) is 0 Å². The van der Waals surface area contributed by atoms with Crippen LogP contribution in [0.15, 0.2) is 77.3 Å². The van der Waals surface area contributed by atoms with Crippen LogP contribution >= 0.6 is 0 Å². The van der Waals surface area contributed by atoms with Gasteiger partial charge in [-0.3, -0.25) is 4.79 Å². The maximum absolute atomic E-state index is 12.5. The molecule has 0 aliphatic heterocycles. The van der Waals surface area contributed by atoms with E-state index in [0.29, 0.717) is 36.8 Å². The fraction of sp³-hybridized carbons (Fsp3) is 0.214. The van der Waals surface area contributed by atoms with Gasteiger partial charge in [-0.05, 0) is 55.8 Å². The molecule has 4 rings (SSSR count). The minimum atomic E-state index is -0.209. The molecule has 0 atom stereocenters. The number of hydrogen-bond donors (Lipinski definition) is 2. The summed E-state index contributed by atoms with van der Waals surface area (Å²) < 4.78 is 5.39. The van der Waals surface area contributed by atoms with E-state index < -0.39 is 0 Å². The van der Waals surface area contributed by atoms with Crippen LogP contribution in [0.1, 0.15) is 32.9 Å². The Balaban J connectivity index is 1.28. The number of carbonyl (C=O) groups excluding carboxylic acids is 2. The average Bonchev–Trinajstić information content (AvgIpc) is 3.36. The Labute approximate surface area is 210 Å². The summed E-state index contributed by atoms with van der Waals surface area (Å²) in [6.07, 6.45) is 0.445. The molecule has 0 saturated carbocycles. The maximum Gasteiger partial charge on any atom is 0.321 e. The quantitative estimate of drug-likeness (QED) is 0.368. The number of hydrogen-bond acceptors (Lipinski definition) is 5. The van der Waals surface area contributed by atoms with Crippen molar-refractivity contribution in [1.29, 1.82) is 0 Å². The number of anilines is 1. The molecule has 3 amide bonds. The number of benzene rings is 3. The second-order valence-electron chi connectivity index (χ2n) is 8.73. The van der Waals surface area contributed by atoms with Gasteiger partial charge in [0.25, 0.3) is 11.8 Å². The van der Waals surface area contributed by atoms with Gasteiger partial charge in [0.2, 0.25) is 0 Å². The summed E-state index contributed by atoms with van der Waals surface area (Å²) in [4.78, 5) is 30.9. The Hall–Kier alpha value is -4.46. The van der Waals surface area contributed by atoms with Crippen molar-refractivity contribution in [2.45, 2.75) is 26.8 Å². The predicted octanol–water partition coefficient (Wildman–Crippen LogP) is 4.99. The average molecular weight is 484 g/mol. The molecule has 0 saturated heterocycles. The molecule has 8 heteroatoms. The first-order chi connectivity index (χ1) is 17.4. The number of rotatable bonds is 8. The van der Waals surface area contributed by atoms with Crippen LogP contribution in [0.3, 0.4) is 0 Å². The standard InChI is InChI=1S/C28H29N5O3/c1-19-7-13-24(14-8-19)30-28(35)33(3)16-15-25-31-27(36-32-25)23-11-9-22(10-12-23)26(34)29-18-21-6-4-5-20(2)17-21/h4-14,17H,15-16,18H2,1-3H3,(H,29,34)(H,30,35). The Kier molecular flexibility index (Phi) is 7.75. The number of nitrogens with zero attached hydrogens (tertiary/aromatic N) is 3. The van der Waals surface area contributed by atoms with Gasteiger partial charge in [0, 0.05) is 43.4 Å². The Morgan fingerprint density at radius 2 is 1.69 bits per heavy atom. The molecule has 0 aliphatic carbocycles. The highest BCUT2D eigenvalue weighted by molar-refractivity contribution is 5.94. The molecule has 1 aromatic heterocycles. The predicted molar refractivity (Wildman–Crippen MR) is 139 cm³/mol. The van der Waals surface area contributed by atoms with Gasteiger partial charge in [0.1, 0.15) is 0 Å². The van der Waals surface area contributed by atoms with Crippen molar-refractivity contribution in [3.8, 4) is 11.5 Å². The van der Waals surface area contributed by atoms with E-state index in [1.165, 1.54) is 0 Å². The second-order valence-corrected chi connectivity index (χ2v) is 8.73. The van der Waals surface area contributed by atoms with Crippen LogP contribution in [-0.2, 0) is 13.0 Å². The van der Waals surface area contributed by atoms with E-state index in [2.05, 4.69) is 20.8 Å². The molecule has 0 bridgehead atoms. The molecule has 0 radical (unpaired) electrons. The molecule has 2 N–H and O–H groups in total. The number of aromatic nitrogens is 2. The topological polar surface area (TPSA) is 100 Å². The monoisotopic (exact) mass is 483 g/mol. The van der Waals surface area contributed by atoms with Crippen molar-refractivity contribution in [2.75, 3.05) is 18.9 Å². The zero-order valence-electron chi connectivity index (χ0n) is 20.6.